The summed E-state index contributed by atoms with van der Waals surface area (Å²) in [5.41, 5.74) is 12.5. The second-order valence-electron chi connectivity index (χ2n) is 12.3. The maximum absolute atomic E-state index is 12.5. The molecule has 3 N–H and O–H groups in total. The van der Waals surface area contributed by atoms with Gasteiger partial charge in [-0.25, -0.2) is 0 Å². The lowest BCUT2D eigenvalue weighted by Crippen LogP contribution is -2.55. The van der Waals surface area contributed by atoms with Gasteiger partial charge in [0.25, 0.3) is 0 Å². The fourth-order valence-corrected chi connectivity index (χ4v) is 8.41. The number of carbonyl (C=O) groups excluding carboxylic acids is 1. The van der Waals surface area contributed by atoms with E-state index in [9.17, 15) is 9.59 Å². The smallest absolute Gasteiger partial charge is 0.321 e. The first-order valence-electron chi connectivity index (χ1n) is 12.6. The molecule has 0 saturated heterocycles. The molecular weight excluding hydrogens is 414 g/mol. The number of nitrogens with two attached hydrogens (primary N) is 1. The van der Waals surface area contributed by atoms with Crippen LogP contribution in [0.4, 0.5) is 0 Å². The van der Waals surface area contributed by atoms with E-state index in [0.717, 1.165) is 23.5 Å². The number of aliphatic carboxylic acids is 1. The summed E-state index contributed by atoms with van der Waals surface area (Å²) in [6, 6.07) is -1.25. The zero-order valence-corrected chi connectivity index (χ0v) is 21.4. The molecule has 0 bridgehead atoms. The average molecular weight is 456 g/mol. The van der Waals surface area contributed by atoms with Crippen molar-refractivity contribution in [2.24, 2.45) is 28.4 Å². The van der Waals surface area contributed by atoms with Gasteiger partial charge in [-0.1, -0.05) is 34.1 Å². The summed E-state index contributed by atoms with van der Waals surface area (Å²) in [7, 11) is 0. The predicted octanol–water partition coefficient (Wildman–Crippen LogP) is 5.38. The van der Waals surface area contributed by atoms with E-state index in [1.807, 2.05) is 6.92 Å². The number of benzene rings is 1. The van der Waals surface area contributed by atoms with Crippen molar-refractivity contribution < 1.29 is 19.4 Å². The van der Waals surface area contributed by atoms with Crippen LogP contribution in [0.3, 0.4) is 0 Å². The summed E-state index contributed by atoms with van der Waals surface area (Å²) in [5.74, 6) is 0.143. The highest BCUT2D eigenvalue weighted by Crippen LogP contribution is 2.68. The standard InChI is InChI=1S/C28H41NO4/c1-15-16(2)24(33-22(30)14-19(29)25(31)32)17(3)18-13-21-27(6)11-8-10-26(4,5)20(27)9-12-28(21,7)23(15)18/h19-21H,8-14,29H2,1-7H3,(H,31,32)/t19?,20?,21-,27+,28?/m1/s1. The molecule has 3 unspecified atom stereocenters. The largest absolute Gasteiger partial charge is 0.480 e. The first-order valence-corrected chi connectivity index (χ1v) is 12.6. The number of carboxylic acids is 1. The molecule has 0 aliphatic heterocycles. The van der Waals surface area contributed by atoms with Gasteiger partial charge in [0.05, 0.1) is 6.42 Å². The third kappa shape index (κ3) is 3.53. The van der Waals surface area contributed by atoms with Crippen molar-refractivity contribution in [1.29, 1.82) is 0 Å². The molecular formula is C28H41NO4. The number of rotatable bonds is 4. The molecule has 0 amide bonds. The summed E-state index contributed by atoms with van der Waals surface area (Å²) < 4.78 is 5.77. The maximum Gasteiger partial charge on any atom is 0.321 e. The van der Waals surface area contributed by atoms with E-state index in [4.69, 9.17) is 15.6 Å². The minimum atomic E-state index is -1.25. The molecule has 3 aliphatic carbocycles. The molecule has 4 rings (SSSR count). The summed E-state index contributed by atoms with van der Waals surface area (Å²) >= 11 is 0. The van der Waals surface area contributed by atoms with Crippen molar-refractivity contribution in [3.8, 4) is 5.75 Å². The molecule has 5 nitrogen and oxygen atoms in total. The summed E-state index contributed by atoms with van der Waals surface area (Å²) in [5, 5.41) is 9.05. The number of ether oxygens (including phenoxy) is 1. The van der Waals surface area contributed by atoms with Crippen molar-refractivity contribution in [2.75, 3.05) is 0 Å². The summed E-state index contributed by atoms with van der Waals surface area (Å²) in [6.45, 7) is 16.2. The highest BCUT2D eigenvalue weighted by atomic mass is 16.5. The normalized spacial score (nSPS) is 33.0. The molecule has 1 aromatic carbocycles. The SMILES string of the molecule is Cc1c(C)c2c(c(C)c1OC(=O)CC(N)C(=O)O)C[C@H]1C2(C)CCC2C(C)(C)CCC[C@@]21C. The molecule has 1 aromatic rings. The van der Waals surface area contributed by atoms with E-state index in [1.54, 1.807) is 0 Å². The molecule has 5 atom stereocenters. The van der Waals surface area contributed by atoms with Crippen molar-refractivity contribution >= 4 is 11.9 Å². The van der Waals surface area contributed by atoms with Crippen molar-refractivity contribution in [3.63, 3.8) is 0 Å². The molecule has 2 saturated carbocycles. The second-order valence-corrected chi connectivity index (χ2v) is 12.3. The highest BCUT2D eigenvalue weighted by molar-refractivity contribution is 5.82. The Hall–Kier alpha value is -1.88. The van der Waals surface area contributed by atoms with Crippen LogP contribution in [-0.2, 0) is 21.4 Å². The number of carbonyl (C=O) groups is 2. The fraction of sp³-hybridized carbons (Fsp3) is 0.714. The highest BCUT2D eigenvalue weighted by Gasteiger charge is 2.61. The van der Waals surface area contributed by atoms with E-state index in [0.29, 0.717) is 22.5 Å². The van der Waals surface area contributed by atoms with Crippen molar-refractivity contribution in [1.82, 2.24) is 0 Å². The Bertz CT molecular complexity index is 1010. The molecule has 0 spiro atoms. The van der Waals surface area contributed by atoms with Crippen LogP contribution in [0.25, 0.3) is 0 Å². The van der Waals surface area contributed by atoms with E-state index < -0.39 is 18.0 Å². The van der Waals surface area contributed by atoms with Gasteiger partial charge in [-0.05, 0) is 109 Å². The van der Waals surface area contributed by atoms with E-state index in [1.165, 1.54) is 48.8 Å². The Morgan fingerprint density at radius 3 is 2.33 bits per heavy atom. The predicted molar refractivity (Wildman–Crippen MR) is 130 cm³/mol. The zero-order valence-electron chi connectivity index (χ0n) is 21.4. The number of carboxylic acid groups (broad SMARTS) is 1. The minimum absolute atomic E-state index is 0.141. The van der Waals surface area contributed by atoms with Crippen LogP contribution in [0.15, 0.2) is 0 Å². The molecule has 182 valence electrons. The van der Waals surface area contributed by atoms with Gasteiger partial charge >= 0.3 is 11.9 Å². The third-order valence-electron chi connectivity index (χ3n) is 10.1. The van der Waals surface area contributed by atoms with Gasteiger partial charge in [0.1, 0.15) is 11.8 Å². The van der Waals surface area contributed by atoms with Gasteiger partial charge in [-0.15, -0.1) is 0 Å². The minimum Gasteiger partial charge on any atom is -0.480 e. The van der Waals surface area contributed by atoms with E-state index in [2.05, 4.69) is 41.5 Å². The molecule has 33 heavy (non-hydrogen) atoms. The summed E-state index contributed by atoms with van der Waals surface area (Å²) in [6.07, 6.45) is 7.09. The molecule has 0 aromatic heterocycles. The lowest BCUT2D eigenvalue weighted by atomic mass is 9.43. The zero-order chi connectivity index (χ0) is 24.5. The molecule has 5 heteroatoms. The van der Waals surface area contributed by atoms with Crippen LogP contribution >= 0.6 is 0 Å². The van der Waals surface area contributed by atoms with E-state index in [-0.39, 0.29) is 11.8 Å². The fourth-order valence-electron chi connectivity index (χ4n) is 8.41. The quantitative estimate of drug-likeness (QED) is 0.470. The second kappa shape index (κ2) is 7.83. The van der Waals surface area contributed by atoms with Gasteiger partial charge in [0.15, 0.2) is 0 Å². The van der Waals surface area contributed by atoms with Crippen LogP contribution in [0.2, 0.25) is 0 Å². The lowest BCUT2D eigenvalue weighted by Gasteiger charge is -2.61. The molecule has 0 radical (unpaired) electrons. The van der Waals surface area contributed by atoms with Gasteiger partial charge in [0, 0.05) is 0 Å². The Labute approximate surface area is 198 Å². The molecule has 3 aliphatic rings. The first kappa shape index (κ1) is 24.3. The topological polar surface area (TPSA) is 89.6 Å². The third-order valence-corrected chi connectivity index (χ3v) is 10.1. The van der Waals surface area contributed by atoms with Crippen LogP contribution in [-0.4, -0.2) is 23.1 Å². The van der Waals surface area contributed by atoms with Crippen molar-refractivity contribution in [2.45, 2.75) is 105 Å². The van der Waals surface area contributed by atoms with Crippen LogP contribution in [0.5, 0.6) is 5.75 Å². The Morgan fingerprint density at radius 2 is 1.70 bits per heavy atom. The first-order chi connectivity index (χ1) is 15.2. The van der Waals surface area contributed by atoms with Gasteiger partial charge in [-0.2, -0.15) is 0 Å². The van der Waals surface area contributed by atoms with Crippen molar-refractivity contribution in [3.05, 3.63) is 27.8 Å². The number of hydrogen-bond donors (Lipinski definition) is 2. The van der Waals surface area contributed by atoms with Gasteiger partial charge < -0.3 is 15.6 Å². The average Bonchev–Trinajstić information content (AvgIpc) is 3.03. The Kier molecular flexibility index (Phi) is 5.75. The van der Waals surface area contributed by atoms with Crippen LogP contribution < -0.4 is 10.5 Å². The molecule has 0 heterocycles. The monoisotopic (exact) mass is 455 g/mol. The summed E-state index contributed by atoms with van der Waals surface area (Å²) in [4.78, 5) is 23.6. The van der Waals surface area contributed by atoms with Gasteiger partial charge in [-0.3, -0.25) is 9.59 Å². The molecule has 2 fully saturated rings. The van der Waals surface area contributed by atoms with E-state index >= 15 is 0 Å². The lowest BCUT2D eigenvalue weighted by molar-refractivity contribution is -0.143. The van der Waals surface area contributed by atoms with Crippen LogP contribution in [0.1, 0.15) is 94.0 Å². The number of fused-ring (bicyclic) bond motifs is 5. The maximum atomic E-state index is 12.5. The van der Waals surface area contributed by atoms with Crippen LogP contribution in [0, 0.1) is 43.4 Å². The number of hydrogen-bond acceptors (Lipinski definition) is 4. The number of esters is 1. The Morgan fingerprint density at radius 1 is 1.03 bits per heavy atom. The Balaban J connectivity index is 1.74. The van der Waals surface area contributed by atoms with Gasteiger partial charge in [0.2, 0.25) is 0 Å².